The molecular formula is C52H34N4. The molecule has 0 N–H and O–H groups in total. The Kier molecular flexibility index (Phi) is 5.95. The lowest BCUT2D eigenvalue weighted by Gasteiger charge is -2.12. The highest BCUT2D eigenvalue weighted by molar-refractivity contribution is 6.12. The first-order valence-corrected chi connectivity index (χ1v) is 18.4. The van der Waals surface area contributed by atoms with Crippen LogP contribution in [0.5, 0.6) is 0 Å². The number of aromatic nitrogens is 4. The molecule has 4 heteroatoms. The summed E-state index contributed by atoms with van der Waals surface area (Å²) in [6.07, 6.45) is 0. The summed E-state index contributed by atoms with van der Waals surface area (Å²) in [7, 11) is 0. The average molecular weight is 722 g/mol. The minimum Gasteiger partial charge on any atom is -0.309 e. The summed E-state index contributed by atoms with van der Waals surface area (Å²) in [6.45, 7) is 0. The van der Waals surface area contributed by atoms with Crippen molar-refractivity contribution in [3.63, 3.8) is 0 Å². The molecule has 0 aliphatic carbocycles. The lowest BCUT2D eigenvalue weighted by atomic mass is 10.0. The van der Waals surface area contributed by atoms with Crippen LogP contribution < -0.4 is 0 Å². The van der Waals surface area contributed by atoms with Crippen molar-refractivity contribution in [3.8, 4) is 56.4 Å². The maximum Gasteiger partial charge on any atom is 0.160 e. The zero-order valence-corrected chi connectivity index (χ0v) is 29.9. The van der Waals surface area contributed by atoms with Crippen LogP contribution in [0.15, 0.2) is 206 Å². The molecule has 0 saturated carbocycles. The molecule has 0 aliphatic rings. The second-order valence-electron chi connectivity index (χ2n) is 13.7. The SMILES string of the molecule is [2H]c1c([2H])c([2H])c2c(c1[2H])c1c([2H])c(-c3ccc4c(c3)c3ccccc3n4-c3ccc(-c4cc(-c5ccccc5)nc(-c5ccccc5)n4)cc3)c([2H])c([2H])c1n2-c1ccccc1. The average Bonchev–Trinajstić information content (AvgIpc) is 3.87. The van der Waals surface area contributed by atoms with E-state index in [2.05, 4.69) is 41.0 Å². The predicted molar refractivity (Wildman–Crippen MR) is 232 cm³/mol. The van der Waals surface area contributed by atoms with Crippen LogP contribution in [0.1, 0.15) is 9.60 Å². The van der Waals surface area contributed by atoms with E-state index in [0.717, 1.165) is 55.6 Å². The molecule has 0 fully saturated rings. The maximum atomic E-state index is 9.71. The van der Waals surface area contributed by atoms with Crippen molar-refractivity contribution in [1.82, 2.24) is 19.1 Å². The Hall–Kier alpha value is -7.56. The number of hydrogen-bond acceptors (Lipinski definition) is 2. The van der Waals surface area contributed by atoms with E-state index in [1.807, 2.05) is 103 Å². The van der Waals surface area contributed by atoms with Gasteiger partial charge in [-0.15, -0.1) is 0 Å². The zero-order valence-electron chi connectivity index (χ0n) is 36.9. The zero-order chi connectivity index (χ0) is 43.1. The molecule has 0 bridgehead atoms. The Labute approximate surface area is 334 Å². The van der Waals surface area contributed by atoms with E-state index in [9.17, 15) is 4.11 Å². The van der Waals surface area contributed by atoms with E-state index in [1.165, 1.54) is 0 Å². The van der Waals surface area contributed by atoms with Crippen molar-refractivity contribution in [2.24, 2.45) is 0 Å². The molecule has 56 heavy (non-hydrogen) atoms. The molecule has 3 heterocycles. The normalized spacial score (nSPS) is 13.3. The van der Waals surface area contributed by atoms with Crippen molar-refractivity contribution in [2.45, 2.75) is 0 Å². The van der Waals surface area contributed by atoms with Crippen LogP contribution in [0.4, 0.5) is 0 Å². The molecular weight excluding hydrogens is 681 g/mol. The molecule has 11 aromatic rings. The van der Waals surface area contributed by atoms with E-state index in [0.29, 0.717) is 17.1 Å². The van der Waals surface area contributed by atoms with Crippen molar-refractivity contribution >= 4 is 43.6 Å². The highest BCUT2D eigenvalue weighted by Crippen LogP contribution is 2.38. The van der Waals surface area contributed by atoms with Crippen molar-refractivity contribution in [3.05, 3.63) is 206 Å². The van der Waals surface area contributed by atoms with Crippen LogP contribution >= 0.6 is 0 Å². The minimum absolute atomic E-state index is 0.0787. The fourth-order valence-corrected chi connectivity index (χ4v) is 7.75. The molecule has 0 radical (unpaired) electrons. The Morgan fingerprint density at radius 2 is 0.929 bits per heavy atom. The minimum atomic E-state index is -0.421. The van der Waals surface area contributed by atoms with Crippen molar-refractivity contribution < 1.29 is 9.60 Å². The number of rotatable bonds is 6. The second kappa shape index (κ2) is 13.1. The van der Waals surface area contributed by atoms with Gasteiger partial charge in [0.25, 0.3) is 0 Å². The molecule has 0 atom stereocenters. The van der Waals surface area contributed by atoms with E-state index >= 15 is 0 Å². The molecule has 0 spiro atoms. The van der Waals surface area contributed by atoms with Gasteiger partial charge in [-0.25, -0.2) is 9.97 Å². The number of para-hydroxylation sites is 3. The Morgan fingerprint density at radius 1 is 0.357 bits per heavy atom. The van der Waals surface area contributed by atoms with Gasteiger partial charge >= 0.3 is 0 Å². The van der Waals surface area contributed by atoms with Crippen LogP contribution in [-0.2, 0) is 0 Å². The summed E-state index contributed by atoms with van der Waals surface area (Å²) in [4.78, 5) is 9.97. The summed E-state index contributed by atoms with van der Waals surface area (Å²) in [6, 6.07) is 51.5. The van der Waals surface area contributed by atoms with E-state index in [4.69, 9.17) is 15.5 Å². The Morgan fingerprint density at radius 3 is 1.70 bits per heavy atom. The summed E-state index contributed by atoms with van der Waals surface area (Å²) >= 11 is 0. The van der Waals surface area contributed by atoms with Crippen LogP contribution in [0.25, 0.3) is 100 Å². The monoisotopic (exact) mass is 721 g/mol. The quantitative estimate of drug-likeness (QED) is 0.171. The van der Waals surface area contributed by atoms with Gasteiger partial charge in [-0.3, -0.25) is 0 Å². The van der Waals surface area contributed by atoms with Crippen LogP contribution in [-0.4, -0.2) is 19.1 Å². The number of fused-ring (bicyclic) bond motifs is 6. The molecule has 0 saturated heterocycles. The van der Waals surface area contributed by atoms with Gasteiger partial charge < -0.3 is 9.13 Å². The summed E-state index contributed by atoms with van der Waals surface area (Å²) < 4.78 is 67.4. The number of hydrogen-bond donors (Lipinski definition) is 0. The smallest absolute Gasteiger partial charge is 0.160 e. The highest BCUT2D eigenvalue weighted by Gasteiger charge is 2.17. The van der Waals surface area contributed by atoms with Crippen LogP contribution in [0.3, 0.4) is 0 Å². The molecule has 11 rings (SSSR count). The van der Waals surface area contributed by atoms with Gasteiger partial charge in [-0.05, 0) is 77.8 Å². The second-order valence-corrected chi connectivity index (χ2v) is 13.7. The largest absolute Gasteiger partial charge is 0.309 e. The molecule has 262 valence electrons. The maximum absolute atomic E-state index is 9.71. The molecule has 0 aliphatic heterocycles. The van der Waals surface area contributed by atoms with Gasteiger partial charge in [-0.2, -0.15) is 0 Å². The third-order valence-corrected chi connectivity index (χ3v) is 10.4. The standard InChI is InChI=1S/C52H34N4/c1-4-14-35(15-5-1)46-34-47(54-52(53-46)37-16-6-2-7-17-37)36-24-28-41(29-25-36)56-49-23-13-11-21-43(49)45-33-39(27-31-51(45)56)38-26-30-50-44(32-38)42-20-10-12-22-48(42)55(50)40-18-8-3-9-19-40/h1-34H/i10D,12D,20D,22D,26D,30D,32D. The lowest BCUT2D eigenvalue weighted by Crippen LogP contribution is -1.97. The Balaban J connectivity index is 1.07. The Bertz CT molecular complexity index is 3570. The van der Waals surface area contributed by atoms with Gasteiger partial charge in [0.05, 0.1) is 43.0 Å². The third kappa shape index (κ3) is 5.31. The predicted octanol–water partition coefficient (Wildman–Crippen LogP) is 13.3. The van der Waals surface area contributed by atoms with E-state index in [1.54, 1.807) is 28.8 Å². The fourth-order valence-electron chi connectivity index (χ4n) is 7.75. The van der Waals surface area contributed by atoms with Crippen molar-refractivity contribution in [1.29, 1.82) is 0 Å². The van der Waals surface area contributed by atoms with E-state index in [-0.39, 0.29) is 57.6 Å². The topological polar surface area (TPSA) is 35.6 Å². The van der Waals surface area contributed by atoms with Gasteiger partial charge in [0.15, 0.2) is 5.82 Å². The molecule has 0 unspecified atom stereocenters. The lowest BCUT2D eigenvalue weighted by molar-refractivity contribution is 1.17. The fraction of sp³-hybridized carbons (Fsp3) is 0. The van der Waals surface area contributed by atoms with Gasteiger partial charge in [0.1, 0.15) is 0 Å². The molecule has 0 amide bonds. The summed E-state index contributed by atoms with van der Waals surface area (Å²) in [5, 5.41) is 2.21. The highest BCUT2D eigenvalue weighted by atomic mass is 15.0. The number of nitrogens with zero attached hydrogens (tertiary/aromatic N) is 4. The van der Waals surface area contributed by atoms with Gasteiger partial charge in [0.2, 0.25) is 0 Å². The number of benzene rings is 8. The van der Waals surface area contributed by atoms with Gasteiger partial charge in [0, 0.05) is 49.6 Å². The third-order valence-electron chi connectivity index (χ3n) is 10.4. The summed E-state index contributed by atoms with van der Waals surface area (Å²) in [5.74, 6) is 0.643. The first-order chi connectivity index (χ1) is 30.7. The first-order valence-electron chi connectivity index (χ1n) is 21.9. The van der Waals surface area contributed by atoms with E-state index < -0.39 is 12.1 Å². The molecule has 3 aromatic heterocycles. The molecule has 4 nitrogen and oxygen atoms in total. The van der Waals surface area contributed by atoms with Crippen LogP contribution in [0, 0.1) is 0 Å². The summed E-state index contributed by atoms with van der Waals surface area (Å²) in [5.41, 5.74) is 8.99. The van der Waals surface area contributed by atoms with Crippen LogP contribution in [0.2, 0.25) is 0 Å². The van der Waals surface area contributed by atoms with Gasteiger partial charge in [-0.1, -0.05) is 139 Å². The molecule has 8 aromatic carbocycles. The first kappa shape index (κ1) is 25.5. The van der Waals surface area contributed by atoms with Crippen molar-refractivity contribution in [2.75, 3.05) is 0 Å².